The normalized spacial score (nSPS) is 33.9. The van der Waals surface area contributed by atoms with E-state index in [9.17, 15) is 0 Å². The monoisotopic (exact) mass is 414 g/mol. The third-order valence-electron chi connectivity index (χ3n) is 6.27. The van der Waals surface area contributed by atoms with Crippen LogP contribution < -0.4 is 0 Å². The molecule has 2 aliphatic heterocycles. The molecule has 0 unspecified atom stereocenters. The Labute approximate surface area is 175 Å². The van der Waals surface area contributed by atoms with Gasteiger partial charge in [-0.05, 0) is 39.0 Å². The summed E-state index contributed by atoms with van der Waals surface area (Å²) < 4.78 is 26.3. The van der Waals surface area contributed by atoms with Crippen molar-refractivity contribution in [2.75, 3.05) is 0 Å². The summed E-state index contributed by atoms with van der Waals surface area (Å²) in [4.78, 5) is 0. The Bertz CT molecular complexity index is 504. The second kappa shape index (κ2) is 8.30. The number of rotatable bonds is 4. The highest BCUT2D eigenvalue weighted by Gasteiger charge is 2.62. The summed E-state index contributed by atoms with van der Waals surface area (Å²) >= 11 is 0. The molecule has 2 fully saturated rings. The highest BCUT2D eigenvalue weighted by atomic mass is 28.4. The molecule has 5 heteroatoms. The van der Waals surface area contributed by atoms with Crippen LogP contribution in [0.15, 0.2) is 0 Å². The van der Waals surface area contributed by atoms with Gasteiger partial charge in [0.1, 0.15) is 0 Å². The van der Waals surface area contributed by atoms with Crippen molar-refractivity contribution >= 4 is 8.56 Å². The van der Waals surface area contributed by atoms with Gasteiger partial charge in [0.25, 0.3) is 0 Å². The molecule has 4 nitrogen and oxygen atoms in total. The second-order valence-corrected chi connectivity index (χ2v) is 16.5. The first kappa shape index (κ1) is 24.3. The van der Waals surface area contributed by atoms with Gasteiger partial charge in [-0.1, -0.05) is 62.3 Å². The molecule has 0 bridgehead atoms. The van der Waals surface area contributed by atoms with Gasteiger partial charge in [-0.3, -0.25) is 0 Å². The van der Waals surface area contributed by atoms with Crippen LogP contribution in [-0.4, -0.2) is 38.8 Å². The first-order chi connectivity index (χ1) is 12.6. The molecule has 2 heterocycles. The summed E-state index contributed by atoms with van der Waals surface area (Å²) in [5, 5.41) is 0.0151. The smallest absolute Gasteiger partial charge is 0.349 e. The van der Waals surface area contributed by atoms with Crippen molar-refractivity contribution in [1.29, 1.82) is 0 Å². The van der Waals surface area contributed by atoms with Crippen molar-refractivity contribution in [3.8, 4) is 0 Å². The van der Waals surface area contributed by atoms with Gasteiger partial charge >= 0.3 is 8.56 Å². The average molecular weight is 415 g/mol. The summed E-state index contributed by atoms with van der Waals surface area (Å²) in [5.74, 6) is -0.0438. The maximum atomic E-state index is 7.00. The Morgan fingerprint density at radius 3 is 1.86 bits per heavy atom. The van der Waals surface area contributed by atoms with Crippen LogP contribution in [0.3, 0.4) is 0 Å². The van der Waals surface area contributed by atoms with Crippen LogP contribution in [0.5, 0.6) is 0 Å². The molecule has 28 heavy (non-hydrogen) atoms. The van der Waals surface area contributed by atoms with Gasteiger partial charge in [0.05, 0.1) is 18.3 Å². The second-order valence-electron chi connectivity index (χ2n) is 11.8. The highest BCUT2D eigenvalue weighted by Crippen LogP contribution is 2.55. The molecule has 4 atom stereocenters. The van der Waals surface area contributed by atoms with Crippen LogP contribution in [0, 0.1) is 5.92 Å². The van der Waals surface area contributed by atoms with Crippen molar-refractivity contribution in [2.45, 2.75) is 142 Å². The fourth-order valence-electron chi connectivity index (χ4n) is 5.11. The Morgan fingerprint density at radius 2 is 1.39 bits per heavy atom. The first-order valence-electron chi connectivity index (χ1n) is 11.3. The van der Waals surface area contributed by atoms with E-state index >= 15 is 0 Å². The van der Waals surface area contributed by atoms with Gasteiger partial charge in [0.2, 0.25) is 0 Å². The maximum Gasteiger partial charge on any atom is 0.349 e. The van der Waals surface area contributed by atoms with Gasteiger partial charge < -0.3 is 18.3 Å². The Balaban J connectivity index is 2.25. The fourth-order valence-corrected chi connectivity index (χ4v) is 10.2. The third-order valence-corrected chi connectivity index (χ3v) is 11.6. The van der Waals surface area contributed by atoms with Crippen LogP contribution >= 0.6 is 0 Å². The molecule has 0 N–H and O–H groups in total. The lowest BCUT2D eigenvalue weighted by Gasteiger charge is -2.55. The van der Waals surface area contributed by atoms with Crippen LogP contribution in [0.2, 0.25) is 10.1 Å². The van der Waals surface area contributed by atoms with Crippen molar-refractivity contribution in [3.05, 3.63) is 0 Å². The van der Waals surface area contributed by atoms with Gasteiger partial charge in [-0.25, -0.2) is 0 Å². The summed E-state index contributed by atoms with van der Waals surface area (Å²) in [6.07, 6.45) is 4.74. The topological polar surface area (TPSA) is 36.9 Å². The van der Waals surface area contributed by atoms with Gasteiger partial charge in [0, 0.05) is 22.6 Å². The number of ether oxygens (including phenoxy) is 2. The predicted octanol–water partition coefficient (Wildman–Crippen LogP) is 6.57. The molecule has 0 radical (unpaired) electrons. The number of hydrogen-bond acceptors (Lipinski definition) is 4. The van der Waals surface area contributed by atoms with E-state index in [0.717, 1.165) is 25.7 Å². The summed E-state index contributed by atoms with van der Waals surface area (Å²) in [6, 6.07) is 0. The lowest BCUT2D eigenvalue weighted by Crippen LogP contribution is -2.64. The van der Waals surface area contributed by atoms with E-state index in [1.165, 1.54) is 0 Å². The Morgan fingerprint density at radius 1 is 0.857 bits per heavy atom. The Kier molecular flexibility index (Phi) is 7.21. The molecule has 0 amide bonds. The van der Waals surface area contributed by atoms with Crippen molar-refractivity contribution in [3.63, 3.8) is 0 Å². The van der Waals surface area contributed by atoms with E-state index in [1.54, 1.807) is 0 Å². The number of hydrogen-bond donors (Lipinski definition) is 0. The summed E-state index contributed by atoms with van der Waals surface area (Å²) in [5.41, 5.74) is 0. The molecule has 2 rings (SSSR count). The zero-order valence-electron chi connectivity index (χ0n) is 20.3. The summed E-state index contributed by atoms with van der Waals surface area (Å²) in [7, 11) is -2.48. The van der Waals surface area contributed by atoms with Crippen LogP contribution in [0.25, 0.3) is 0 Å². The third kappa shape index (κ3) is 5.21. The molecule has 0 aliphatic carbocycles. The largest absolute Gasteiger partial charge is 0.390 e. The van der Waals surface area contributed by atoms with Crippen molar-refractivity contribution in [1.82, 2.24) is 0 Å². The highest BCUT2D eigenvalue weighted by molar-refractivity contribution is 6.73. The lowest BCUT2D eigenvalue weighted by molar-refractivity contribution is -0.309. The standard InChI is InChI=1S/C23H46O4Si/c1-12-17-13-19(27-28(26-17,21(4,5)6)22(7,8)9)14-18-15-20(16(2)3)25-23(10,11)24-18/h16-20H,12-15H2,1-11H3/t17-,18-,19+,20-/m1/s1. The minimum absolute atomic E-state index is 0.00755. The van der Waals surface area contributed by atoms with E-state index in [-0.39, 0.29) is 34.5 Å². The quantitative estimate of drug-likeness (QED) is 0.488. The zero-order valence-corrected chi connectivity index (χ0v) is 21.3. The lowest BCUT2D eigenvalue weighted by atomic mass is 9.94. The SMILES string of the molecule is CC[C@@H]1C[C@@H](C[C@@H]2C[C@H](C(C)C)OC(C)(C)O2)O[Si](C(C)(C)C)(C(C)(C)C)O1. The fraction of sp³-hybridized carbons (Fsp3) is 1.00. The Hall–Kier alpha value is 0.0569. The van der Waals surface area contributed by atoms with Crippen LogP contribution in [-0.2, 0) is 18.3 Å². The maximum absolute atomic E-state index is 7.00. The molecular formula is C23H46O4Si. The zero-order chi connectivity index (χ0) is 21.5. The molecule has 0 aromatic rings. The summed E-state index contributed by atoms with van der Waals surface area (Å²) in [6.45, 7) is 24.5. The van der Waals surface area contributed by atoms with Crippen LogP contribution in [0.4, 0.5) is 0 Å². The van der Waals surface area contributed by atoms with Crippen molar-refractivity contribution in [2.24, 2.45) is 5.92 Å². The van der Waals surface area contributed by atoms with E-state index in [4.69, 9.17) is 18.3 Å². The van der Waals surface area contributed by atoms with E-state index in [0.29, 0.717) is 5.92 Å². The molecule has 2 aliphatic rings. The van der Waals surface area contributed by atoms with Crippen molar-refractivity contribution < 1.29 is 18.3 Å². The van der Waals surface area contributed by atoms with Crippen LogP contribution in [0.1, 0.15) is 102 Å². The van der Waals surface area contributed by atoms with Gasteiger partial charge in [0.15, 0.2) is 5.79 Å². The van der Waals surface area contributed by atoms with E-state index in [2.05, 4.69) is 62.3 Å². The molecule has 166 valence electrons. The van der Waals surface area contributed by atoms with Gasteiger partial charge in [-0.2, -0.15) is 0 Å². The molecule has 2 saturated heterocycles. The minimum atomic E-state index is -2.48. The molecule has 0 spiro atoms. The average Bonchev–Trinajstić information content (AvgIpc) is 2.50. The molecular weight excluding hydrogens is 368 g/mol. The molecule has 0 aromatic heterocycles. The minimum Gasteiger partial charge on any atom is -0.390 e. The molecule has 0 saturated carbocycles. The van der Waals surface area contributed by atoms with Gasteiger partial charge in [-0.15, -0.1) is 0 Å². The van der Waals surface area contributed by atoms with E-state index in [1.807, 2.05) is 13.8 Å². The molecule has 0 aromatic carbocycles. The predicted molar refractivity (Wildman–Crippen MR) is 118 cm³/mol. The first-order valence-corrected chi connectivity index (χ1v) is 13.1. The van der Waals surface area contributed by atoms with E-state index < -0.39 is 14.3 Å².